The lowest BCUT2D eigenvalue weighted by Crippen LogP contribution is -2.17. The Bertz CT molecular complexity index is 1010. The number of hydrogen-bond acceptors (Lipinski definition) is 5. The smallest absolute Gasteiger partial charge is 0.406 e. The van der Waals surface area contributed by atoms with E-state index in [0.717, 1.165) is 0 Å². The first-order chi connectivity index (χ1) is 13.3. The molecule has 0 fully saturated rings. The number of nitrogens with zero attached hydrogens (tertiary/aromatic N) is 4. The number of carbonyl (C=O) groups is 1. The second-order valence-electron chi connectivity index (χ2n) is 5.51. The molecule has 0 saturated heterocycles. The van der Waals surface area contributed by atoms with Crippen molar-refractivity contribution in [3.63, 3.8) is 0 Å². The summed E-state index contributed by atoms with van der Waals surface area (Å²) in [4.78, 5) is 15.6. The molecular formula is C18H12F3N5O2. The van der Waals surface area contributed by atoms with Crippen molar-refractivity contribution in [1.29, 1.82) is 5.26 Å². The van der Waals surface area contributed by atoms with E-state index in [9.17, 15) is 18.0 Å². The monoisotopic (exact) mass is 387 g/mol. The molecule has 1 N–H and O–H groups in total. The summed E-state index contributed by atoms with van der Waals surface area (Å²) in [6.07, 6.45) is -3.56. The third kappa shape index (κ3) is 4.85. The average molecular weight is 387 g/mol. The third-order valence-electron chi connectivity index (χ3n) is 3.49. The number of carbonyl (C=O) groups excluding carboxylic acids is 1. The van der Waals surface area contributed by atoms with Crippen LogP contribution in [0.1, 0.15) is 6.42 Å². The standard InChI is InChI=1S/C18H12F3N5O2/c19-18(20,21)28-15-7-5-14(6-8-15)26-11-23-17(25-26)12-1-3-13(4-2-12)24-16(27)9-10-22/h1-8,11H,9H2,(H,24,27). The predicted octanol–water partition coefficient (Wildman–Crippen LogP) is 3.69. The van der Waals surface area contributed by atoms with Gasteiger partial charge in [-0.25, -0.2) is 9.67 Å². The van der Waals surface area contributed by atoms with Crippen LogP contribution in [0.2, 0.25) is 0 Å². The Morgan fingerprint density at radius 3 is 2.43 bits per heavy atom. The highest BCUT2D eigenvalue weighted by molar-refractivity contribution is 5.92. The number of benzene rings is 2. The van der Waals surface area contributed by atoms with Crippen molar-refractivity contribution in [3.8, 4) is 28.9 Å². The fourth-order valence-electron chi connectivity index (χ4n) is 2.30. The van der Waals surface area contributed by atoms with Crippen molar-refractivity contribution < 1.29 is 22.7 Å². The van der Waals surface area contributed by atoms with E-state index in [0.29, 0.717) is 22.8 Å². The molecule has 0 radical (unpaired) electrons. The van der Waals surface area contributed by atoms with Crippen LogP contribution < -0.4 is 10.1 Å². The van der Waals surface area contributed by atoms with E-state index in [1.165, 1.54) is 35.3 Å². The molecule has 142 valence electrons. The van der Waals surface area contributed by atoms with Crippen molar-refractivity contribution in [2.45, 2.75) is 12.8 Å². The Morgan fingerprint density at radius 2 is 1.82 bits per heavy atom. The van der Waals surface area contributed by atoms with Crippen molar-refractivity contribution >= 4 is 11.6 Å². The summed E-state index contributed by atoms with van der Waals surface area (Å²) in [5, 5.41) is 15.3. The summed E-state index contributed by atoms with van der Waals surface area (Å²) < 4.78 is 41.9. The second kappa shape index (κ2) is 7.79. The van der Waals surface area contributed by atoms with Gasteiger partial charge in [0.15, 0.2) is 5.82 Å². The maximum absolute atomic E-state index is 12.2. The molecule has 1 amide bonds. The van der Waals surface area contributed by atoms with Gasteiger partial charge in [-0.2, -0.15) is 5.26 Å². The number of alkyl halides is 3. The normalized spacial score (nSPS) is 10.9. The molecule has 0 saturated carbocycles. The summed E-state index contributed by atoms with van der Waals surface area (Å²) in [6, 6.07) is 13.7. The van der Waals surface area contributed by atoms with Crippen LogP contribution in [0.5, 0.6) is 5.75 Å². The van der Waals surface area contributed by atoms with E-state index < -0.39 is 12.3 Å². The molecule has 2 aromatic carbocycles. The molecule has 7 nitrogen and oxygen atoms in total. The predicted molar refractivity (Wildman–Crippen MR) is 92.3 cm³/mol. The first-order valence-electron chi connectivity index (χ1n) is 7.89. The Kier molecular flexibility index (Phi) is 5.26. The number of hydrogen-bond donors (Lipinski definition) is 1. The van der Waals surface area contributed by atoms with Crippen LogP contribution in [0, 0.1) is 11.3 Å². The van der Waals surface area contributed by atoms with Crippen LogP contribution in [-0.4, -0.2) is 27.0 Å². The number of halogens is 3. The zero-order chi connectivity index (χ0) is 20.1. The van der Waals surface area contributed by atoms with Gasteiger partial charge in [-0.15, -0.1) is 18.3 Å². The van der Waals surface area contributed by atoms with Gasteiger partial charge in [0.1, 0.15) is 18.5 Å². The highest BCUT2D eigenvalue weighted by Crippen LogP contribution is 2.24. The van der Waals surface area contributed by atoms with Gasteiger partial charge in [-0.05, 0) is 48.5 Å². The molecule has 0 bridgehead atoms. The highest BCUT2D eigenvalue weighted by atomic mass is 19.4. The lowest BCUT2D eigenvalue weighted by Gasteiger charge is -2.09. The lowest BCUT2D eigenvalue weighted by atomic mass is 10.2. The molecule has 0 spiro atoms. The van der Waals surface area contributed by atoms with E-state index in [2.05, 4.69) is 20.1 Å². The molecular weight excluding hydrogens is 375 g/mol. The lowest BCUT2D eigenvalue weighted by molar-refractivity contribution is -0.274. The van der Waals surface area contributed by atoms with Gasteiger partial charge in [0, 0.05) is 11.3 Å². The molecule has 0 aliphatic rings. The van der Waals surface area contributed by atoms with Gasteiger partial charge in [0.25, 0.3) is 0 Å². The van der Waals surface area contributed by atoms with E-state index in [-0.39, 0.29) is 12.2 Å². The number of aromatic nitrogens is 3. The van der Waals surface area contributed by atoms with Gasteiger partial charge in [0.05, 0.1) is 11.8 Å². The summed E-state index contributed by atoms with van der Waals surface area (Å²) in [6.45, 7) is 0. The van der Waals surface area contributed by atoms with Crippen molar-refractivity contribution in [1.82, 2.24) is 14.8 Å². The number of nitrogens with one attached hydrogen (secondary N) is 1. The van der Waals surface area contributed by atoms with E-state index in [1.54, 1.807) is 30.3 Å². The zero-order valence-electron chi connectivity index (χ0n) is 14.1. The molecule has 1 aromatic heterocycles. The van der Waals surface area contributed by atoms with Gasteiger partial charge in [0.2, 0.25) is 5.91 Å². The zero-order valence-corrected chi connectivity index (χ0v) is 14.1. The van der Waals surface area contributed by atoms with Gasteiger partial charge in [-0.1, -0.05) is 0 Å². The molecule has 0 aliphatic carbocycles. The first kappa shape index (κ1) is 18.9. The maximum atomic E-state index is 12.2. The minimum Gasteiger partial charge on any atom is -0.406 e. The Hall–Kier alpha value is -3.87. The Balaban J connectivity index is 1.72. The molecule has 0 atom stereocenters. The molecule has 3 rings (SSSR count). The van der Waals surface area contributed by atoms with Crippen LogP contribution in [-0.2, 0) is 4.79 Å². The average Bonchev–Trinajstić information content (AvgIpc) is 3.12. The summed E-state index contributed by atoms with van der Waals surface area (Å²) in [7, 11) is 0. The molecule has 1 heterocycles. The molecule has 10 heteroatoms. The van der Waals surface area contributed by atoms with E-state index in [1.807, 2.05) is 0 Å². The number of anilines is 1. The molecule has 0 unspecified atom stereocenters. The van der Waals surface area contributed by atoms with Crippen LogP contribution in [0.3, 0.4) is 0 Å². The summed E-state index contributed by atoms with van der Waals surface area (Å²) in [5.41, 5.74) is 1.71. The van der Waals surface area contributed by atoms with E-state index in [4.69, 9.17) is 5.26 Å². The van der Waals surface area contributed by atoms with Gasteiger partial charge < -0.3 is 10.1 Å². The second-order valence-corrected chi connectivity index (χ2v) is 5.51. The van der Waals surface area contributed by atoms with Crippen molar-refractivity contribution in [2.75, 3.05) is 5.32 Å². The topological polar surface area (TPSA) is 92.8 Å². The maximum Gasteiger partial charge on any atom is 0.573 e. The fourth-order valence-corrected chi connectivity index (χ4v) is 2.30. The quantitative estimate of drug-likeness (QED) is 0.721. The van der Waals surface area contributed by atoms with Gasteiger partial charge in [-0.3, -0.25) is 4.79 Å². The largest absolute Gasteiger partial charge is 0.573 e. The Morgan fingerprint density at radius 1 is 1.14 bits per heavy atom. The SMILES string of the molecule is N#CCC(=O)Nc1ccc(-c2ncn(-c3ccc(OC(F)(F)F)cc3)n2)cc1. The number of nitriles is 1. The Labute approximate surface area is 157 Å². The van der Waals surface area contributed by atoms with Crippen LogP contribution in [0.4, 0.5) is 18.9 Å². The minimum absolute atomic E-state index is 0.236. The third-order valence-corrected chi connectivity index (χ3v) is 3.49. The number of amides is 1. The van der Waals surface area contributed by atoms with Crippen LogP contribution in [0.25, 0.3) is 17.1 Å². The first-order valence-corrected chi connectivity index (χ1v) is 7.89. The summed E-state index contributed by atoms with van der Waals surface area (Å²) in [5.74, 6) is -0.341. The fraction of sp³-hybridized carbons (Fsp3) is 0.111. The van der Waals surface area contributed by atoms with Gasteiger partial charge >= 0.3 is 6.36 Å². The molecule has 0 aliphatic heterocycles. The van der Waals surface area contributed by atoms with Crippen LogP contribution in [0.15, 0.2) is 54.9 Å². The number of rotatable bonds is 5. The molecule has 28 heavy (non-hydrogen) atoms. The molecule has 3 aromatic rings. The highest BCUT2D eigenvalue weighted by Gasteiger charge is 2.30. The summed E-state index contributed by atoms with van der Waals surface area (Å²) >= 11 is 0. The van der Waals surface area contributed by atoms with Crippen molar-refractivity contribution in [2.24, 2.45) is 0 Å². The van der Waals surface area contributed by atoms with E-state index >= 15 is 0 Å². The number of ether oxygens (including phenoxy) is 1. The van der Waals surface area contributed by atoms with Crippen LogP contribution >= 0.6 is 0 Å². The van der Waals surface area contributed by atoms with Crippen molar-refractivity contribution in [3.05, 3.63) is 54.9 Å². The minimum atomic E-state index is -4.75.